The number of esters is 4. The minimum Gasteiger partial charge on any atom is -0.483 e. The highest BCUT2D eigenvalue weighted by Gasteiger charge is 2.78. The number of ether oxygens (including phenoxy) is 5. The van der Waals surface area contributed by atoms with Gasteiger partial charge in [0.1, 0.15) is 22.7 Å². The molecule has 4 bridgehead atoms. The van der Waals surface area contributed by atoms with Gasteiger partial charge in [-0.2, -0.15) is 0 Å². The summed E-state index contributed by atoms with van der Waals surface area (Å²) in [6, 6.07) is 3.12. The van der Waals surface area contributed by atoms with Crippen molar-refractivity contribution in [1.29, 1.82) is 0 Å². The highest BCUT2D eigenvalue weighted by Crippen LogP contribution is 2.67. The SMILES string of the molecule is CCc1cc(=O)c2c(C)cc3c(c2o1)[C@@H](OC(=O)C12CCC(C)(C(=O)O1)C2(C)C)[C@@H](OC(=O)C12CCC(C)(C(=O)O1)C2(C)C)C(C)(C)O3. The predicted octanol–water partition coefficient (Wildman–Crippen LogP) is 5.57. The molecule has 2 aromatic rings. The molecule has 48 heavy (non-hydrogen) atoms. The summed E-state index contributed by atoms with van der Waals surface area (Å²) >= 11 is 0. The van der Waals surface area contributed by atoms with Crippen molar-refractivity contribution in [3.8, 4) is 5.75 Å². The number of benzene rings is 1. The third-order valence-electron chi connectivity index (χ3n) is 13.5. The zero-order chi connectivity index (χ0) is 35.2. The molecule has 258 valence electrons. The number of aryl methyl sites for hydroxylation is 2. The van der Waals surface area contributed by atoms with Gasteiger partial charge in [0.05, 0.1) is 21.8 Å². The molecular formula is C37H44O11. The lowest BCUT2D eigenvalue weighted by molar-refractivity contribution is -0.217. The lowest BCUT2D eigenvalue weighted by atomic mass is 9.66. The third kappa shape index (κ3) is 3.57. The number of hydrogen-bond acceptors (Lipinski definition) is 11. The average molecular weight is 665 g/mol. The largest absolute Gasteiger partial charge is 0.483 e. The minimum absolute atomic E-state index is 0.152. The Bertz CT molecular complexity index is 1900. The van der Waals surface area contributed by atoms with Crippen LogP contribution in [-0.2, 0) is 44.5 Å². The van der Waals surface area contributed by atoms with E-state index in [2.05, 4.69) is 0 Å². The zero-order valence-corrected chi connectivity index (χ0v) is 29.3. The maximum absolute atomic E-state index is 14.6. The van der Waals surface area contributed by atoms with E-state index in [0.717, 1.165) is 0 Å². The minimum atomic E-state index is -1.60. The van der Waals surface area contributed by atoms with Crippen LogP contribution >= 0.6 is 0 Å². The summed E-state index contributed by atoms with van der Waals surface area (Å²) < 4.78 is 37.4. The molecule has 0 spiro atoms. The molecule has 0 radical (unpaired) electrons. The topological polar surface area (TPSA) is 145 Å². The van der Waals surface area contributed by atoms with Crippen molar-refractivity contribution >= 4 is 34.8 Å². The summed E-state index contributed by atoms with van der Waals surface area (Å²) in [6.07, 6.45) is -0.865. The first kappa shape index (κ1) is 32.6. The Balaban J connectivity index is 1.40. The lowest BCUT2D eigenvalue weighted by Gasteiger charge is -2.46. The molecule has 4 fully saturated rings. The molecule has 6 atom stereocenters. The molecule has 0 amide bonds. The molecule has 4 unspecified atom stereocenters. The van der Waals surface area contributed by atoms with Gasteiger partial charge in [0.15, 0.2) is 17.6 Å². The summed E-state index contributed by atoms with van der Waals surface area (Å²) in [5, 5.41) is 0.274. The number of hydrogen-bond donors (Lipinski definition) is 0. The van der Waals surface area contributed by atoms with Gasteiger partial charge in [-0.1, -0.05) is 34.6 Å². The Kier molecular flexibility index (Phi) is 6.40. The van der Waals surface area contributed by atoms with Crippen molar-refractivity contribution in [1.82, 2.24) is 0 Å². The van der Waals surface area contributed by atoms with E-state index in [0.29, 0.717) is 36.3 Å². The maximum Gasteiger partial charge on any atom is 0.351 e. The van der Waals surface area contributed by atoms with Gasteiger partial charge >= 0.3 is 23.9 Å². The second-order valence-corrected chi connectivity index (χ2v) is 16.4. The molecule has 1 aromatic heterocycles. The van der Waals surface area contributed by atoms with Gasteiger partial charge in [0, 0.05) is 23.3 Å². The molecule has 2 saturated carbocycles. The Morgan fingerprint density at radius 2 is 1.29 bits per heavy atom. The van der Waals surface area contributed by atoms with Crippen LogP contribution in [0.5, 0.6) is 5.75 Å². The van der Waals surface area contributed by atoms with Gasteiger partial charge in [-0.15, -0.1) is 0 Å². The molecule has 2 aliphatic carbocycles. The van der Waals surface area contributed by atoms with Crippen LogP contribution in [0.2, 0.25) is 0 Å². The lowest BCUT2D eigenvalue weighted by Crippen LogP contribution is -2.57. The molecule has 1 aromatic carbocycles. The zero-order valence-electron chi connectivity index (χ0n) is 29.3. The number of carbonyl (C=O) groups is 4. The Morgan fingerprint density at radius 1 is 0.771 bits per heavy atom. The third-order valence-corrected chi connectivity index (χ3v) is 13.5. The summed E-state index contributed by atoms with van der Waals surface area (Å²) in [7, 11) is 0. The first-order chi connectivity index (χ1) is 22.1. The van der Waals surface area contributed by atoms with Crippen LogP contribution in [-0.4, -0.2) is 46.8 Å². The fourth-order valence-corrected chi connectivity index (χ4v) is 9.10. The molecule has 2 saturated heterocycles. The van der Waals surface area contributed by atoms with Crippen LogP contribution in [0.1, 0.15) is 111 Å². The maximum atomic E-state index is 14.6. The van der Waals surface area contributed by atoms with Crippen LogP contribution in [0.15, 0.2) is 21.3 Å². The van der Waals surface area contributed by atoms with Crippen molar-refractivity contribution in [2.45, 2.75) is 130 Å². The average Bonchev–Trinajstić information content (AvgIpc) is 3.46. The second kappa shape index (κ2) is 9.41. The van der Waals surface area contributed by atoms with Crippen LogP contribution < -0.4 is 10.2 Å². The molecule has 3 aliphatic heterocycles. The van der Waals surface area contributed by atoms with Crippen molar-refractivity contribution in [3.05, 3.63) is 39.2 Å². The standard InChI is InChI=1S/C37H44O11/c1-11-19-17-20(38)22-18(2)16-21-23(24(22)43-19)25(44-29(41)36-14-12-34(9,27(39)47-36)32(36,5)6)26(31(3,4)46-21)45-30(42)37-15-13-35(10,28(40)48-37)33(37,7)8/h16-17,25-26H,11-15H2,1-10H3/t25-,26-,34?,35?,36?,37?/m1/s1. The van der Waals surface area contributed by atoms with Gasteiger partial charge in [-0.3, -0.25) is 14.4 Å². The van der Waals surface area contributed by atoms with E-state index >= 15 is 0 Å². The highest BCUT2D eigenvalue weighted by atomic mass is 16.7. The van der Waals surface area contributed by atoms with Crippen molar-refractivity contribution < 1.29 is 47.3 Å². The summed E-state index contributed by atoms with van der Waals surface area (Å²) in [6.45, 7) is 17.9. The summed E-state index contributed by atoms with van der Waals surface area (Å²) in [5.74, 6) is -1.81. The number of rotatable bonds is 5. The second-order valence-electron chi connectivity index (χ2n) is 16.4. The van der Waals surface area contributed by atoms with Gasteiger partial charge in [-0.25, -0.2) is 9.59 Å². The molecule has 11 heteroatoms. The van der Waals surface area contributed by atoms with Crippen LogP contribution in [0, 0.1) is 28.6 Å². The first-order valence-corrected chi connectivity index (χ1v) is 16.8. The number of carbonyl (C=O) groups excluding carboxylic acids is 4. The van der Waals surface area contributed by atoms with Crippen molar-refractivity contribution in [3.63, 3.8) is 0 Å². The van der Waals surface area contributed by atoms with Gasteiger partial charge in [-0.05, 0) is 71.9 Å². The molecular weight excluding hydrogens is 620 g/mol. The van der Waals surface area contributed by atoms with Gasteiger partial charge < -0.3 is 28.1 Å². The van der Waals surface area contributed by atoms with Crippen LogP contribution in [0.4, 0.5) is 0 Å². The normalized spacial score (nSPS) is 36.3. The monoisotopic (exact) mass is 664 g/mol. The fraction of sp³-hybridized carbons (Fsp3) is 0.649. The molecule has 7 rings (SSSR count). The summed E-state index contributed by atoms with van der Waals surface area (Å²) in [4.78, 5) is 68.6. The van der Waals surface area contributed by atoms with E-state index in [4.69, 9.17) is 28.1 Å². The van der Waals surface area contributed by atoms with Crippen LogP contribution in [0.25, 0.3) is 11.0 Å². The smallest absolute Gasteiger partial charge is 0.351 e. The van der Waals surface area contributed by atoms with Gasteiger partial charge in [0.2, 0.25) is 11.2 Å². The van der Waals surface area contributed by atoms with Crippen molar-refractivity contribution in [2.75, 3.05) is 0 Å². The van der Waals surface area contributed by atoms with E-state index < -0.39 is 74.5 Å². The molecule has 11 nitrogen and oxygen atoms in total. The van der Waals surface area contributed by atoms with E-state index in [1.807, 2.05) is 34.6 Å². The van der Waals surface area contributed by atoms with E-state index in [1.165, 1.54) is 6.07 Å². The Morgan fingerprint density at radius 3 is 1.75 bits per heavy atom. The van der Waals surface area contributed by atoms with E-state index in [-0.39, 0.29) is 34.8 Å². The first-order valence-electron chi connectivity index (χ1n) is 16.8. The van der Waals surface area contributed by atoms with Crippen molar-refractivity contribution in [2.24, 2.45) is 21.7 Å². The highest BCUT2D eigenvalue weighted by molar-refractivity contribution is 5.95. The quantitative estimate of drug-likeness (QED) is 0.292. The molecule has 5 aliphatic rings. The van der Waals surface area contributed by atoms with E-state index in [9.17, 15) is 24.0 Å². The Hall–Kier alpha value is -3.89. The van der Waals surface area contributed by atoms with Crippen LogP contribution in [0.3, 0.4) is 0 Å². The summed E-state index contributed by atoms with van der Waals surface area (Å²) in [5.41, 5.74) is -7.39. The van der Waals surface area contributed by atoms with Gasteiger partial charge in [0.25, 0.3) is 0 Å². The Labute approximate surface area is 278 Å². The fourth-order valence-electron chi connectivity index (χ4n) is 9.10. The van der Waals surface area contributed by atoms with E-state index in [1.54, 1.807) is 40.7 Å². The molecule has 4 heterocycles. The predicted molar refractivity (Wildman–Crippen MR) is 170 cm³/mol. The number of fused-ring (bicyclic) bond motifs is 7. The molecule has 0 N–H and O–H groups in total.